The second-order valence-electron chi connectivity index (χ2n) is 6.96. The summed E-state index contributed by atoms with van der Waals surface area (Å²) in [7, 11) is 0. The lowest BCUT2D eigenvalue weighted by Crippen LogP contribution is -2.44. The molecule has 0 heterocycles. The fraction of sp³-hybridized carbons (Fsp3) is 0.688. The van der Waals surface area contributed by atoms with Gasteiger partial charge in [0, 0.05) is 13.1 Å². The minimum atomic E-state index is -0.776. The summed E-state index contributed by atoms with van der Waals surface area (Å²) in [6, 6.07) is 0. The molecule has 0 aliphatic carbocycles. The van der Waals surface area contributed by atoms with E-state index in [-0.39, 0.29) is 12.5 Å². The maximum Gasteiger partial charge on any atom is 0.419 e. The molecule has 0 bridgehead atoms. The van der Waals surface area contributed by atoms with Crippen molar-refractivity contribution in [3.8, 4) is 0 Å². The summed E-state index contributed by atoms with van der Waals surface area (Å²) in [5.74, 6) is -0.314. The Hall–Kier alpha value is -2.05. The quantitative estimate of drug-likeness (QED) is 0.619. The molecule has 3 amide bonds. The van der Waals surface area contributed by atoms with Gasteiger partial charge in [-0.2, -0.15) is 0 Å². The van der Waals surface area contributed by atoms with Crippen LogP contribution in [0.2, 0.25) is 0 Å². The molecular formula is C16H28N2O5. The third-order valence-electron chi connectivity index (χ3n) is 2.27. The average Bonchev–Trinajstić information content (AvgIpc) is 2.33. The molecule has 0 atom stereocenters. The number of amides is 3. The number of nitrogens with zero attached hydrogens (tertiary/aromatic N) is 1. The molecule has 1 N–H and O–H groups in total. The van der Waals surface area contributed by atoms with E-state index < -0.39 is 23.4 Å². The van der Waals surface area contributed by atoms with Gasteiger partial charge >= 0.3 is 12.2 Å². The van der Waals surface area contributed by atoms with Gasteiger partial charge in [0.1, 0.15) is 11.2 Å². The maximum absolute atomic E-state index is 12.2. The number of rotatable bonds is 5. The summed E-state index contributed by atoms with van der Waals surface area (Å²) in [6.07, 6.45) is -0.0269. The van der Waals surface area contributed by atoms with E-state index in [0.717, 1.165) is 11.0 Å². The predicted molar refractivity (Wildman–Crippen MR) is 87.0 cm³/mol. The number of carbonyl (C=O) groups is 3. The van der Waals surface area contributed by atoms with E-state index in [1.165, 1.54) is 0 Å². The van der Waals surface area contributed by atoms with Crippen LogP contribution in [0.3, 0.4) is 0 Å². The van der Waals surface area contributed by atoms with Crippen LogP contribution in [0.1, 0.15) is 48.0 Å². The monoisotopic (exact) mass is 328 g/mol. The van der Waals surface area contributed by atoms with Crippen LogP contribution in [0.25, 0.3) is 0 Å². The van der Waals surface area contributed by atoms with Gasteiger partial charge in [-0.05, 0) is 54.0 Å². The summed E-state index contributed by atoms with van der Waals surface area (Å²) in [5.41, 5.74) is -1.46. The number of imide groups is 1. The van der Waals surface area contributed by atoms with Gasteiger partial charge in [0.15, 0.2) is 0 Å². The molecule has 0 saturated carbocycles. The van der Waals surface area contributed by atoms with Gasteiger partial charge in [0.2, 0.25) is 5.91 Å². The lowest BCUT2D eigenvalue weighted by molar-refractivity contribution is -0.116. The van der Waals surface area contributed by atoms with Crippen molar-refractivity contribution in [2.45, 2.75) is 59.2 Å². The van der Waals surface area contributed by atoms with Gasteiger partial charge in [0.05, 0.1) is 0 Å². The molecular weight excluding hydrogens is 300 g/mol. The van der Waals surface area contributed by atoms with Gasteiger partial charge < -0.3 is 14.8 Å². The van der Waals surface area contributed by atoms with Crippen LogP contribution < -0.4 is 5.32 Å². The molecule has 132 valence electrons. The first-order valence-electron chi connectivity index (χ1n) is 7.49. The Morgan fingerprint density at radius 1 is 1.00 bits per heavy atom. The molecule has 0 aliphatic heterocycles. The smallest absolute Gasteiger partial charge is 0.419 e. The van der Waals surface area contributed by atoms with Gasteiger partial charge in [-0.25, -0.2) is 14.5 Å². The molecule has 0 fully saturated rings. The Kier molecular flexibility index (Phi) is 7.79. The minimum absolute atomic E-state index is 0.0707. The summed E-state index contributed by atoms with van der Waals surface area (Å²) < 4.78 is 10.4. The van der Waals surface area contributed by atoms with Crippen molar-refractivity contribution >= 4 is 18.1 Å². The summed E-state index contributed by atoms with van der Waals surface area (Å²) in [6.45, 7) is 14.0. The van der Waals surface area contributed by atoms with E-state index in [2.05, 4.69) is 11.9 Å². The van der Waals surface area contributed by atoms with Crippen LogP contribution in [-0.2, 0) is 14.3 Å². The van der Waals surface area contributed by atoms with Crippen LogP contribution in [0, 0.1) is 0 Å². The molecule has 0 rings (SSSR count). The summed E-state index contributed by atoms with van der Waals surface area (Å²) in [5, 5.41) is 2.57. The number of ether oxygens (including phenoxy) is 2. The van der Waals surface area contributed by atoms with Crippen LogP contribution in [0.5, 0.6) is 0 Å². The highest BCUT2D eigenvalue weighted by molar-refractivity contribution is 5.88. The molecule has 23 heavy (non-hydrogen) atoms. The molecule has 0 spiro atoms. The standard InChI is InChI=1S/C16H28N2O5/c1-8-12(19)17-10-9-11-18(13(20)22-15(2,3)4)14(21)23-16(5,6)7/h8H,1,9-11H2,2-7H3,(H,17,19). The van der Waals surface area contributed by atoms with E-state index in [1.54, 1.807) is 41.5 Å². The summed E-state index contributed by atoms with van der Waals surface area (Å²) >= 11 is 0. The number of carbonyl (C=O) groups excluding carboxylic acids is 3. The zero-order chi connectivity index (χ0) is 18.3. The lowest BCUT2D eigenvalue weighted by Gasteiger charge is -2.28. The van der Waals surface area contributed by atoms with Crippen molar-refractivity contribution in [1.82, 2.24) is 10.2 Å². The van der Waals surface area contributed by atoms with Crippen LogP contribution in [0.15, 0.2) is 12.7 Å². The predicted octanol–water partition coefficient (Wildman–Crippen LogP) is 2.85. The fourth-order valence-corrected chi connectivity index (χ4v) is 1.41. The number of hydrogen-bond donors (Lipinski definition) is 1. The maximum atomic E-state index is 12.2. The molecule has 0 aromatic carbocycles. The second-order valence-corrected chi connectivity index (χ2v) is 6.96. The highest BCUT2D eigenvalue weighted by Crippen LogP contribution is 2.14. The molecule has 7 nitrogen and oxygen atoms in total. The van der Waals surface area contributed by atoms with Crippen molar-refractivity contribution < 1.29 is 23.9 Å². The minimum Gasteiger partial charge on any atom is -0.443 e. The van der Waals surface area contributed by atoms with E-state index in [9.17, 15) is 14.4 Å². The molecule has 0 aromatic rings. The van der Waals surface area contributed by atoms with E-state index in [1.807, 2.05) is 0 Å². The normalized spacial score (nSPS) is 11.4. The number of nitrogens with one attached hydrogen (secondary N) is 1. The first-order valence-corrected chi connectivity index (χ1v) is 7.49. The van der Waals surface area contributed by atoms with E-state index >= 15 is 0 Å². The highest BCUT2D eigenvalue weighted by atomic mass is 16.6. The van der Waals surface area contributed by atoms with Gasteiger partial charge in [-0.1, -0.05) is 6.58 Å². The number of hydrogen-bond acceptors (Lipinski definition) is 5. The third kappa shape index (κ3) is 10.3. The van der Waals surface area contributed by atoms with Gasteiger partial charge in [-0.3, -0.25) is 4.79 Å². The third-order valence-corrected chi connectivity index (χ3v) is 2.27. The van der Waals surface area contributed by atoms with Crippen LogP contribution in [-0.4, -0.2) is 47.3 Å². The Balaban J connectivity index is 4.79. The van der Waals surface area contributed by atoms with Crippen LogP contribution >= 0.6 is 0 Å². The fourth-order valence-electron chi connectivity index (χ4n) is 1.41. The molecule has 0 radical (unpaired) electrons. The summed E-state index contributed by atoms with van der Waals surface area (Å²) in [4.78, 5) is 36.3. The van der Waals surface area contributed by atoms with E-state index in [4.69, 9.17) is 9.47 Å². The first kappa shape index (κ1) is 20.9. The Morgan fingerprint density at radius 2 is 1.43 bits per heavy atom. The highest BCUT2D eigenvalue weighted by Gasteiger charge is 2.30. The average molecular weight is 328 g/mol. The molecule has 7 heteroatoms. The zero-order valence-corrected chi connectivity index (χ0v) is 14.9. The van der Waals surface area contributed by atoms with Crippen molar-refractivity contribution in [3.05, 3.63) is 12.7 Å². The van der Waals surface area contributed by atoms with E-state index in [0.29, 0.717) is 13.0 Å². The molecule has 0 unspecified atom stereocenters. The van der Waals surface area contributed by atoms with Gasteiger partial charge in [0.25, 0.3) is 0 Å². The Labute approximate surface area is 138 Å². The van der Waals surface area contributed by atoms with Crippen LogP contribution in [0.4, 0.5) is 9.59 Å². The van der Waals surface area contributed by atoms with Crippen molar-refractivity contribution in [3.63, 3.8) is 0 Å². The van der Waals surface area contributed by atoms with Crippen molar-refractivity contribution in [2.75, 3.05) is 13.1 Å². The zero-order valence-electron chi connectivity index (χ0n) is 14.9. The van der Waals surface area contributed by atoms with Crippen molar-refractivity contribution in [2.24, 2.45) is 0 Å². The van der Waals surface area contributed by atoms with Crippen molar-refractivity contribution in [1.29, 1.82) is 0 Å². The SMILES string of the molecule is C=CC(=O)NCCCN(C(=O)OC(C)(C)C)C(=O)OC(C)(C)C. The Morgan fingerprint density at radius 3 is 1.78 bits per heavy atom. The topological polar surface area (TPSA) is 84.9 Å². The molecule has 0 aliphatic rings. The largest absolute Gasteiger partial charge is 0.443 e. The molecule has 0 saturated heterocycles. The van der Waals surface area contributed by atoms with Gasteiger partial charge in [-0.15, -0.1) is 0 Å². The lowest BCUT2D eigenvalue weighted by atomic mass is 10.2. The first-order chi connectivity index (χ1) is 10.4. The molecule has 0 aromatic heterocycles. The second kappa shape index (κ2) is 8.55. The Bertz CT molecular complexity index is 418.